The summed E-state index contributed by atoms with van der Waals surface area (Å²) >= 11 is 0. The molecule has 4 aliphatic carbocycles. The highest BCUT2D eigenvalue weighted by Crippen LogP contribution is 2.72. The van der Waals surface area contributed by atoms with Crippen LogP contribution in [0.3, 0.4) is 0 Å². The van der Waals surface area contributed by atoms with Gasteiger partial charge < -0.3 is 5.11 Å². The van der Waals surface area contributed by atoms with Gasteiger partial charge in [0, 0.05) is 0 Å². The molecule has 4 aliphatic rings. The Bertz CT molecular complexity index is 767. The molecule has 0 aliphatic heterocycles. The molecule has 0 aromatic carbocycles. The largest absolute Gasteiger partial charge is 0.393 e. The lowest BCUT2D eigenvalue weighted by Gasteiger charge is -2.62. The van der Waals surface area contributed by atoms with Crippen LogP contribution in [-0.2, 0) is 0 Å². The molecule has 2 saturated carbocycles. The first-order chi connectivity index (χ1) is 14.4. The van der Waals surface area contributed by atoms with Gasteiger partial charge in [-0.15, -0.1) is 0 Å². The van der Waals surface area contributed by atoms with Gasteiger partial charge in [-0.3, -0.25) is 0 Å². The third-order valence-corrected chi connectivity index (χ3v) is 11.7. The van der Waals surface area contributed by atoms with Crippen LogP contribution < -0.4 is 0 Å². The summed E-state index contributed by atoms with van der Waals surface area (Å²) in [5.41, 5.74) is 6.41. The smallest absolute Gasteiger partial charge is 0.0594 e. The molecule has 2 unspecified atom stereocenters. The monoisotopic (exact) mass is 426 g/mol. The number of hydrogen-bond acceptors (Lipinski definition) is 1. The van der Waals surface area contributed by atoms with E-state index in [2.05, 4.69) is 61.5 Å². The van der Waals surface area contributed by atoms with Gasteiger partial charge in [-0.1, -0.05) is 64.3 Å². The Kier molecular flexibility index (Phi) is 5.90. The molecule has 31 heavy (non-hydrogen) atoms. The number of allylic oxidation sites excluding steroid dienone is 4. The van der Waals surface area contributed by atoms with Crippen molar-refractivity contribution >= 4 is 0 Å². The van der Waals surface area contributed by atoms with Crippen molar-refractivity contribution in [2.75, 3.05) is 0 Å². The quantitative estimate of drug-likeness (QED) is 0.447. The first kappa shape index (κ1) is 23.6. The molecule has 0 amide bonds. The fraction of sp³-hybridized carbons (Fsp3) is 0.867. The van der Waals surface area contributed by atoms with Crippen LogP contribution in [0.2, 0.25) is 0 Å². The van der Waals surface area contributed by atoms with Crippen molar-refractivity contribution in [2.45, 2.75) is 126 Å². The molecular formula is C30H50O. The van der Waals surface area contributed by atoms with Crippen LogP contribution in [0, 0.1) is 39.4 Å². The molecule has 0 saturated heterocycles. The first-order valence-electron chi connectivity index (χ1n) is 13.4. The number of aliphatic hydroxyl groups excluding tert-OH is 1. The SMILES string of the molecule is CC(C)=CCC[C@@H](C)C1CC[C@]2(C)C3=C(CC[C@@]12C)[C@@]1(C)CC[C@H](O)C(C)(C)C1CC3. The second kappa shape index (κ2) is 7.75. The molecule has 1 N–H and O–H groups in total. The van der Waals surface area contributed by atoms with Gasteiger partial charge in [0.15, 0.2) is 0 Å². The van der Waals surface area contributed by atoms with E-state index in [0.717, 1.165) is 18.3 Å². The molecule has 0 heterocycles. The van der Waals surface area contributed by atoms with Gasteiger partial charge in [-0.25, -0.2) is 0 Å². The van der Waals surface area contributed by atoms with Gasteiger partial charge in [0.05, 0.1) is 6.10 Å². The Morgan fingerprint density at radius 1 is 0.968 bits per heavy atom. The predicted molar refractivity (Wildman–Crippen MR) is 133 cm³/mol. The highest BCUT2D eigenvalue weighted by molar-refractivity contribution is 5.38. The molecule has 4 rings (SSSR count). The van der Waals surface area contributed by atoms with Crippen LogP contribution >= 0.6 is 0 Å². The van der Waals surface area contributed by atoms with E-state index in [1.54, 1.807) is 0 Å². The number of hydrogen-bond donors (Lipinski definition) is 1. The number of rotatable bonds is 4. The van der Waals surface area contributed by atoms with E-state index >= 15 is 0 Å². The van der Waals surface area contributed by atoms with Crippen LogP contribution in [0.4, 0.5) is 0 Å². The molecule has 0 radical (unpaired) electrons. The number of fused-ring (bicyclic) bond motifs is 4. The summed E-state index contributed by atoms with van der Waals surface area (Å²) in [4.78, 5) is 0. The molecule has 176 valence electrons. The summed E-state index contributed by atoms with van der Waals surface area (Å²) in [6, 6.07) is 0. The Hall–Kier alpha value is -0.560. The van der Waals surface area contributed by atoms with Crippen molar-refractivity contribution in [1.29, 1.82) is 0 Å². The van der Waals surface area contributed by atoms with Crippen molar-refractivity contribution in [3.8, 4) is 0 Å². The van der Waals surface area contributed by atoms with Gasteiger partial charge in [0.25, 0.3) is 0 Å². The zero-order valence-electron chi connectivity index (χ0n) is 21.9. The van der Waals surface area contributed by atoms with E-state index in [-0.39, 0.29) is 11.5 Å². The van der Waals surface area contributed by atoms with Gasteiger partial charge in [0.1, 0.15) is 0 Å². The van der Waals surface area contributed by atoms with Crippen molar-refractivity contribution in [3.05, 3.63) is 22.8 Å². The normalized spacial score (nSPS) is 44.9. The molecule has 7 atom stereocenters. The van der Waals surface area contributed by atoms with E-state index in [1.807, 2.05) is 11.1 Å². The molecule has 0 spiro atoms. The molecule has 1 nitrogen and oxygen atoms in total. The van der Waals surface area contributed by atoms with Gasteiger partial charge in [-0.2, -0.15) is 0 Å². The maximum absolute atomic E-state index is 10.8. The highest BCUT2D eigenvalue weighted by atomic mass is 16.3. The Morgan fingerprint density at radius 3 is 2.35 bits per heavy atom. The average molecular weight is 427 g/mol. The van der Waals surface area contributed by atoms with E-state index in [4.69, 9.17) is 0 Å². The Morgan fingerprint density at radius 2 is 1.68 bits per heavy atom. The standard InChI is InChI=1S/C30H50O/c1-20(2)10-9-11-21(3)22-14-18-30(8)24-12-13-25-27(4,5)26(31)16-17-28(25,6)23(24)15-19-29(22,30)7/h10,21-22,25-26,31H,9,11-19H2,1-8H3/t21-,22?,25?,26+,28-,29+,30-/m1/s1. The maximum Gasteiger partial charge on any atom is 0.0594 e. The summed E-state index contributed by atoms with van der Waals surface area (Å²) in [6.45, 7) is 19.6. The van der Waals surface area contributed by atoms with Gasteiger partial charge in [-0.05, 0) is 117 Å². The van der Waals surface area contributed by atoms with E-state index in [0.29, 0.717) is 22.2 Å². The average Bonchev–Trinajstić information content (AvgIpc) is 2.96. The third kappa shape index (κ3) is 3.34. The Labute approximate surface area is 193 Å². The molecule has 0 aromatic rings. The van der Waals surface area contributed by atoms with Gasteiger partial charge >= 0.3 is 0 Å². The minimum absolute atomic E-state index is 0.0465. The highest BCUT2D eigenvalue weighted by Gasteiger charge is 2.63. The summed E-state index contributed by atoms with van der Waals surface area (Å²) in [5, 5.41) is 10.8. The molecule has 2 fully saturated rings. The van der Waals surface area contributed by atoms with Crippen molar-refractivity contribution in [2.24, 2.45) is 39.4 Å². The third-order valence-electron chi connectivity index (χ3n) is 11.7. The van der Waals surface area contributed by atoms with Crippen molar-refractivity contribution < 1.29 is 5.11 Å². The van der Waals surface area contributed by atoms with Crippen LogP contribution in [0.15, 0.2) is 22.8 Å². The Balaban J connectivity index is 1.65. The molecule has 0 aromatic heterocycles. The summed E-state index contributed by atoms with van der Waals surface area (Å²) in [7, 11) is 0. The predicted octanol–water partition coefficient (Wildman–Crippen LogP) is 8.48. The van der Waals surface area contributed by atoms with E-state index < -0.39 is 0 Å². The fourth-order valence-electron chi connectivity index (χ4n) is 9.47. The minimum Gasteiger partial charge on any atom is -0.393 e. The van der Waals surface area contributed by atoms with Crippen LogP contribution in [0.1, 0.15) is 120 Å². The zero-order valence-corrected chi connectivity index (χ0v) is 21.9. The van der Waals surface area contributed by atoms with Crippen molar-refractivity contribution in [1.82, 2.24) is 0 Å². The first-order valence-corrected chi connectivity index (χ1v) is 13.4. The second-order valence-corrected chi connectivity index (χ2v) is 13.6. The second-order valence-electron chi connectivity index (χ2n) is 13.6. The number of aliphatic hydroxyl groups is 1. The zero-order chi connectivity index (χ0) is 22.8. The van der Waals surface area contributed by atoms with E-state index in [9.17, 15) is 5.11 Å². The summed E-state index contributed by atoms with van der Waals surface area (Å²) in [5.74, 6) is 2.32. The van der Waals surface area contributed by atoms with Crippen molar-refractivity contribution in [3.63, 3.8) is 0 Å². The van der Waals surface area contributed by atoms with Crippen LogP contribution in [0.25, 0.3) is 0 Å². The molecule has 0 bridgehead atoms. The lowest BCUT2D eigenvalue weighted by molar-refractivity contribution is -0.0962. The lowest BCUT2D eigenvalue weighted by atomic mass is 9.43. The van der Waals surface area contributed by atoms with Crippen LogP contribution in [-0.4, -0.2) is 11.2 Å². The van der Waals surface area contributed by atoms with E-state index in [1.165, 1.54) is 63.4 Å². The topological polar surface area (TPSA) is 20.2 Å². The fourth-order valence-corrected chi connectivity index (χ4v) is 9.47. The lowest BCUT2D eigenvalue weighted by Crippen LogP contribution is -2.55. The maximum atomic E-state index is 10.8. The van der Waals surface area contributed by atoms with Gasteiger partial charge in [0.2, 0.25) is 0 Å². The molecule has 1 heteroatoms. The minimum atomic E-state index is -0.130. The van der Waals surface area contributed by atoms with Crippen LogP contribution in [0.5, 0.6) is 0 Å². The summed E-state index contributed by atoms with van der Waals surface area (Å²) < 4.78 is 0. The molecular weight excluding hydrogens is 376 g/mol. The summed E-state index contributed by atoms with van der Waals surface area (Å²) in [6.07, 6.45) is 15.2.